The van der Waals surface area contributed by atoms with Gasteiger partial charge in [0.15, 0.2) is 5.75 Å². The molecule has 2 atom stereocenters. The van der Waals surface area contributed by atoms with Crippen LogP contribution in [-0.2, 0) is 4.74 Å². The highest BCUT2D eigenvalue weighted by Crippen LogP contribution is 2.13. The highest BCUT2D eigenvalue weighted by Gasteiger charge is 2.26. The summed E-state index contributed by atoms with van der Waals surface area (Å²) in [5, 5.41) is 6.42. The van der Waals surface area contributed by atoms with Crippen LogP contribution < -0.4 is 10.5 Å². The van der Waals surface area contributed by atoms with Crippen molar-refractivity contribution >= 4 is 0 Å². The van der Waals surface area contributed by atoms with Crippen LogP contribution in [0.2, 0.25) is 0 Å². The minimum absolute atomic E-state index is 0.0279. The number of hydrogen-bond acceptors (Lipinski definition) is 4. The summed E-state index contributed by atoms with van der Waals surface area (Å²) in [7, 11) is 0. The molecule has 1 aromatic heterocycles. The number of ether oxygens (including phenoxy) is 2. The van der Waals surface area contributed by atoms with Gasteiger partial charge in [-0.3, -0.25) is 5.10 Å². The molecule has 0 spiro atoms. The van der Waals surface area contributed by atoms with E-state index in [9.17, 15) is 0 Å². The van der Waals surface area contributed by atoms with E-state index in [1.165, 1.54) is 0 Å². The van der Waals surface area contributed by atoms with Crippen LogP contribution in [0.3, 0.4) is 0 Å². The molecular weight excluding hydrogens is 158 g/mol. The average molecular weight is 169 g/mol. The third kappa shape index (κ3) is 1.41. The molecule has 0 saturated carbocycles. The fraction of sp³-hybridized carbons (Fsp3) is 0.571. The second kappa shape index (κ2) is 3.12. The summed E-state index contributed by atoms with van der Waals surface area (Å²) in [4.78, 5) is 0. The minimum atomic E-state index is -0.0393. The van der Waals surface area contributed by atoms with Crippen molar-refractivity contribution in [1.29, 1.82) is 0 Å². The van der Waals surface area contributed by atoms with Gasteiger partial charge in [0.25, 0.3) is 0 Å². The molecule has 1 aliphatic heterocycles. The van der Waals surface area contributed by atoms with Crippen molar-refractivity contribution in [3.8, 4) is 5.75 Å². The predicted octanol–water partition coefficient (Wildman–Crippen LogP) is -0.485. The molecular formula is C7H11N3O2. The maximum Gasteiger partial charge on any atom is 0.157 e. The first-order chi connectivity index (χ1) is 5.86. The van der Waals surface area contributed by atoms with Crippen molar-refractivity contribution in [2.24, 2.45) is 5.73 Å². The van der Waals surface area contributed by atoms with E-state index in [1.807, 2.05) is 0 Å². The average Bonchev–Trinajstić information content (AvgIpc) is 2.65. The second-order valence-corrected chi connectivity index (χ2v) is 2.79. The Labute approximate surface area is 69.8 Å². The number of nitrogens with zero attached hydrogens (tertiary/aromatic N) is 1. The van der Waals surface area contributed by atoms with Crippen LogP contribution >= 0.6 is 0 Å². The van der Waals surface area contributed by atoms with Gasteiger partial charge in [0.05, 0.1) is 31.6 Å². The summed E-state index contributed by atoms with van der Waals surface area (Å²) in [6.07, 6.45) is 3.26. The lowest BCUT2D eigenvalue weighted by Crippen LogP contribution is -2.37. The molecule has 0 aromatic carbocycles. The zero-order chi connectivity index (χ0) is 8.39. The van der Waals surface area contributed by atoms with Crippen molar-refractivity contribution in [2.75, 3.05) is 13.2 Å². The number of aromatic nitrogens is 2. The van der Waals surface area contributed by atoms with E-state index in [2.05, 4.69) is 10.2 Å². The van der Waals surface area contributed by atoms with E-state index in [-0.39, 0.29) is 12.1 Å². The predicted molar refractivity (Wildman–Crippen MR) is 41.8 cm³/mol. The summed E-state index contributed by atoms with van der Waals surface area (Å²) in [5.74, 6) is 0.709. The normalized spacial score (nSPS) is 29.1. The van der Waals surface area contributed by atoms with Crippen LogP contribution in [-0.4, -0.2) is 35.6 Å². The minimum Gasteiger partial charge on any atom is -0.483 e. The molecule has 1 fully saturated rings. The quantitative estimate of drug-likeness (QED) is 0.626. The molecule has 66 valence electrons. The van der Waals surface area contributed by atoms with Gasteiger partial charge >= 0.3 is 0 Å². The molecule has 0 radical (unpaired) electrons. The topological polar surface area (TPSA) is 73.2 Å². The van der Waals surface area contributed by atoms with Crippen molar-refractivity contribution in [3.63, 3.8) is 0 Å². The SMILES string of the molecule is N[C@@H]1COC[C@@H]1Oc1cn[nH]c1. The molecule has 0 bridgehead atoms. The number of rotatable bonds is 2. The number of nitrogens with two attached hydrogens (primary N) is 1. The number of aromatic amines is 1. The maximum absolute atomic E-state index is 5.71. The van der Waals surface area contributed by atoms with Gasteiger partial charge in [0.1, 0.15) is 6.10 Å². The van der Waals surface area contributed by atoms with Crippen molar-refractivity contribution in [3.05, 3.63) is 12.4 Å². The Morgan fingerprint density at radius 1 is 1.67 bits per heavy atom. The van der Waals surface area contributed by atoms with Crippen LogP contribution in [0.25, 0.3) is 0 Å². The number of nitrogens with one attached hydrogen (secondary N) is 1. The second-order valence-electron chi connectivity index (χ2n) is 2.79. The fourth-order valence-electron chi connectivity index (χ4n) is 1.15. The third-order valence-electron chi connectivity index (χ3n) is 1.83. The zero-order valence-corrected chi connectivity index (χ0v) is 6.56. The first-order valence-electron chi connectivity index (χ1n) is 3.85. The summed E-state index contributed by atoms with van der Waals surface area (Å²) in [6.45, 7) is 1.13. The largest absolute Gasteiger partial charge is 0.483 e. The molecule has 5 heteroatoms. The lowest BCUT2D eigenvalue weighted by Gasteiger charge is -2.13. The van der Waals surface area contributed by atoms with Crippen LogP contribution in [0, 0.1) is 0 Å². The first kappa shape index (κ1) is 7.57. The molecule has 2 heterocycles. The Bertz CT molecular complexity index is 237. The van der Waals surface area contributed by atoms with E-state index in [0.29, 0.717) is 19.0 Å². The Kier molecular flexibility index (Phi) is 1.97. The van der Waals surface area contributed by atoms with Gasteiger partial charge in [-0.1, -0.05) is 0 Å². The molecule has 0 amide bonds. The summed E-state index contributed by atoms with van der Waals surface area (Å²) in [6, 6.07) is -0.0279. The van der Waals surface area contributed by atoms with E-state index in [4.69, 9.17) is 15.2 Å². The standard InChI is InChI=1S/C7H11N3O2/c8-6-3-11-4-7(6)12-5-1-9-10-2-5/h1-2,6-7H,3-4,8H2,(H,9,10)/t6-,7+/m1/s1. The Morgan fingerprint density at radius 3 is 3.17 bits per heavy atom. The highest BCUT2D eigenvalue weighted by atomic mass is 16.5. The van der Waals surface area contributed by atoms with Gasteiger partial charge in [-0.05, 0) is 0 Å². The maximum atomic E-state index is 5.71. The Hall–Kier alpha value is -1.07. The summed E-state index contributed by atoms with van der Waals surface area (Å²) in [5.41, 5.74) is 5.71. The van der Waals surface area contributed by atoms with Crippen LogP contribution in [0.4, 0.5) is 0 Å². The molecule has 1 saturated heterocycles. The van der Waals surface area contributed by atoms with Crippen LogP contribution in [0.5, 0.6) is 5.75 Å². The van der Waals surface area contributed by atoms with E-state index < -0.39 is 0 Å². The summed E-state index contributed by atoms with van der Waals surface area (Å²) >= 11 is 0. The Balaban J connectivity index is 1.95. The zero-order valence-electron chi connectivity index (χ0n) is 6.56. The molecule has 3 N–H and O–H groups in total. The number of hydrogen-bond donors (Lipinski definition) is 2. The number of H-pyrrole nitrogens is 1. The van der Waals surface area contributed by atoms with Crippen molar-refractivity contribution < 1.29 is 9.47 Å². The van der Waals surface area contributed by atoms with Gasteiger partial charge in [-0.25, -0.2) is 0 Å². The molecule has 0 unspecified atom stereocenters. The smallest absolute Gasteiger partial charge is 0.157 e. The molecule has 1 aromatic rings. The summed E-state index contributed by atoms with van der Waals surface area (Å²) < 4.78 is 10.6. The lowest BCUT2D eigenvalue weighted by molar-refractivity contribution is 0.140. The van der Waals surface area contributed by atoms with Gasteiger partial charge in [-0.15, -0.1) is 0 Å². The third-order valence-corrected chi connectivity index (χ3v) is 1.83. The fourth-order valence-corrected chi connectivity index (χ4v) is 1.15. The molecule has 2 rings (SSSR count). The van der Waals surface area contributed by atoms with Crippen molar-refractivity contribution in [1.82, 2.24) is 10.2 Å². The van der Waals surface area contributed by atoms with E-state index >= 15 is 0 Å². The molecule has 12 heavy (non-hydrogen) atoms. The van der Waals surface area contributed by atoms with Gasteiger partial charge in [0, 0.05) is 0 Å². The van der Waals surface area contributed by atoms with Crippen LogP contribution in [0.15, 0.2) is 12.4 Å². The lowest BCUT2D eigenvalue weighted by atomic mass is 10.2. The van der Waals surface area contributed by atoms with Crippen LogP contribution in [0.1, 0.15) is 0 Å². The van der Waals surface area contributed by atoms with E-state index in [0.717, 1.165) is 0 Å². The monoisotopic (exact) mass is 169 g/mol. The van der Waals surface area contributed by atoms with E-state index in [1.54, 1.807) is 12.4 Å². The van der Waals surface area contributed by atoms with Gasteiger partial charge in [0.2, 0.25) is 0 Å². The molecule has 1 aliphatic rings. The van der Waals surface area contributed by atoms with Gasteiger partial charge in [-0.2, -0.15) is 5.10 Å². The first-order valence-corrected chi connectivity index (χ1v) is 3.85. The Morgan fingerprint density at radius 2 is 2.58 bits per heavy atom. The molecule has 0 aliphatic carbocycles. The van der Waals surface area contributed by atoms with Gasteiger partial charge < -0.3 is 15.2 Å². The highest BCUT2D eigenvalue weighted by molar-refractivity contribution is 5.11. The van der Waals surface area contributed by atoms with Crippen molar-refractivity contribution in [2.45, 2.75) is 12.1 Å². The molecule has 5 nitrogen and oxygen atoms in total.